The molecule has 0 spiro atoms. The molecule has 0 fully saturated rings. The van der Waals surface area contributed by atoms with Gasteiger partial charge in [-0.15, -0.1) is 0 Å². The highest BCUT2D eigenvalue weighted by atomic mass is 16.3. The van der Waals surface area contributed by atoms with E-state index in [-0.39, 0.29) is 6.61 Å². The molecule has 0 aromatic carbocycles. The number of rotatable bonds is 7. The molecule has 0 aliphatic carbocycles. The van der Waals surface area contributed by atoms with Gasteiger partial charge in [0, 0.05) is 6.61 Å². The Bertz CT molecular complexity index is 150. The summed E-state index contributed by atoms with van der Waals surface area (Å²) in [7, 11) is 0. The predicted molar refractivity (Wildman–Crippen MR) is 55.5 cm³/mol. The van der Waals surface area contributed by atoms with Crippen molar-refractivity contribution in [3.05, 3.63) is 24.3 Å². The molecule has 0 bridgehead atoms. The Balaban J connectivity index is 3.43. The zero-order valence-corrected chi connectivity index (χ0v) is 8.32. The highest BCUT2D eigenvalue weighted by Gasteiger charge is 1.93. The summed E-state index contributed by atoms with van der Waals surface area (Å²) >= 11 is 0. The molecule has 0 saturated heterocycles. The summed E-state index contributed by atoms with van der Waals surface area (Å²) < 4.78 is 0. The molecule has 0 aliphatic heterocycles. The van der Waals surface area contributed by atoms with Crippen molar-refractivity contribution in [3.8, 4) is 0 Å². The molecule has 0 aromatic rings. The fraction of sp³-hybridized carbons (Fsp3) is 0.636. The van der Waals surface area contributed by atoms with Crippen molar-refractivity contribution in [2.75, 3.05) is 6.61 Å². The standard InChI is InChI=1S/C11H20O2/c1-2-3-4-5-6-7-8-11(13)9-10-12/h5-8,11-13H,2-4,9-10H2,1H3/b6-5-,8-7+/t11-/m1/s1. The van der Waals surface area contributed by atoms with Crippen molar-refractivity contribution < 1.29 is 10.2 Å². The minimum absolute atomic E-state index is 0.0328. The van der Waals surface area contributed by atoms with Gasteiger partial charge in [0.1, 0.15) is 0 Å². The normalized spacial score (nSPS) is 14.4. The fourth-order valence-electron chi connectivity index (χ4n) is 0.918. The predicted octanol–water partition coefficient (Wildman–Crippen LogP) is 2.03. The Labute approximate surface area is 80.6 Å². The van der Waals surface area contributed by atoms with Crippen LogP contribution in [0.1, 0.15) is 32.6 Å². The van der Waals surface area contributed by atoms with Crippen molar-refractivity contribution in [3.63, 3.8) is 0 Å². The van der Waals surface area contributed by atoms with Crippen LogP contribution in [0.4, 0.5) is 0 Å². The summed E-state index contributed by atoms with van der Waals surface area (Å²) in [6.45, 7) is 2.19. The lowest BCUT2D eigenvalue weighted by Gasteiger charge is -1.99. The number of aliphatic hydroxyl groups excluding tert-OH is 2. The van der Waals surface area contributed by atoms with E-state index in [1.807, 2.05) is 12.2 Å². The molecule has 0 aliphatic rings. The maximum Gasteiger partial charge on any atom is 0.0745 e. The van der Waals surface area contributed by atoms with Crippen molar-refractivity contribution in [2.45, 2.75) is 38.7 Å². The molecule has 2 nitrogen and oxygen atoms in total. The highest BCUT2D eigenvalue weighted by Crippen LogP contribution is 1.96. The van der Waals surface area contributed by atoms with Crippen molar-refractivity contribution in [2.24, 2.45) is 0 Å². The monoisotopic (exact) mass is 184 g/mol. The van der Waals surface area contributed by atoms with Gasteiger partial charge in [0.25, 0.3) is 0 Å². The van der Waals surface area contributed by atoms with Gasteiger partial charge in [-0.2, -0.15) is 0 Å². The Morgan fingerprint density at radius 2 is 2.08 bits per heavy atom. The number of hydrogen-bond donors (Lipinski definition) is 2. The molecular weight excluding hydrogens is 164 g/mol. The van der Waals surface area contributed by atoms with Gasteiger partial charge in [0.05, 0.1) is 6.10 Å². The van der Waals surface area contributed by atoms with Crippen molar-refractivity contribution in [1.29, 1.82) is 0 Å². The first-order chi connectivity index (χ1) is 6.31. The average molecular weight is 184 g/mol. The van der Waals surface area contributed by atoms with Gasteiger partial charge in [-0.1, -0.05) is 44.1 Å². The lowest BCUT2D eigenvalue weighted by molar-refractivity contribution is 0.170. The SMILES string of the molecule is CCCC/C=C\C=C\[C@@H](O)CCO. The number of aliphatic hydroxyl groups is 2. The number of unbranched alkanes of at least 4 members (excludes halogenated alkanes) is 2. The Hall–Kier alpha value is -0.600. The smallest absolute Gasteiger partial charge is 0.0745 e. The molecular formula is C11H20O2. The van der Waals surface area contributed by atoms with E-state index in [1.54, 1.807) is 6.08 Å². The van der Waals surface area contributed by atoms with E-state index in [9.17, 15) is 5.11 Å². The summed E-state index contributed by atoms with van der Waals surface area (Å²) in [6, 6.07) is 0. The van der Waals surface area contributed by atoms with Crippen LogP contribution in [0.3, 0.4) is 0 Å². The highest BCUT2D eigenvalue weighted by molar-refractivity contribution is 5.04. The van der Waals surface area contributed by atoms with Gasteiger partial charge < -0.3 is 10.2 Å². The summed E-state index contributed by atoms with van der Waals surface area (Å²) in [5.41, 5.74) is 0. The molecule has 0 rings (SSSR count). The zero-order valence-electron chi connectivity index (χ0n) is 8.32. The van der Waals surface area contributed by atoms with Crippen LogP contribution in [0, 0.1) is 0 Å². The molecule has 13 heavy (non-hydrogen) atoms. The van der Waals surface area contributed by atoms with Crippen LogP contribution >= 0.6 is 0 Å². The molecule has 0 heterocycles. The van der Waals surface area contributed by atoms with Crippen LogP contribution in [0.25, 0.3) is 0 Å². The van der Waals surface area contributed by atoms with E-state index in [4.69, 9.17) is 5.11 Å². The molecule has 76 valence electrons. The quantitative estimate of drug-likeness (QED) is 0.469. The largest absolute Gasteiger partial charge is 0.396 e. The summed E-state index contributed by atoms with van der Waals surface area (Å²) in [5.74, 6) is 0. The first kappa shape index (κ1) is 12.4. The van der Waals surface area contributed by atoms with Crippen molar-refractivity contribution in [1.82, 2.24) is 0 Å². The van der Waals surface area contributed by atoms with Gasteiger partial charge >= 0.3 is 0 Å². The average Bonchev–Trinajstić information content (AvgIpc) is 2.11. The third kappa shape index (κ3) is 9.31. The van der Waals surface area contributed by atoms with E-state index in [1.165, 1.54) is 12.8 Å². The van der Waals surface area contributed by atoms with E-state index in [0.717, 1.165) is 6.42 Å². The van der Waals surface area contributed by atoms with E-state index in [2.05, 4.69) is 13.0 Å². The maximum absolute atomic E-state index is 9.17. The maximum atomic E-state index is 9.17. The van der Waals surface area contributed by atoms with Crippen LogP contribution in [0.2, 0.25) is 0 Å². The second kappa shape index (κ2) is 9.49. The lowest BCUT2D eigenvalue weighted by Crippen LogP contribution is -2.03. The van der Waals surface area contributed by atoms with Crippen LogP contribution in [-0.2, 0) is 0 Å². The first-order valence-corrected chi connectivity index (χ1v) is 4.93. The second-order valence-electron chi connectivity index (χ2n) is 3.03. The first-order valence-electron chi connectivity index (χ1n) is 4.93. The third-order valence-electron chi connectivity index (χ3n) is 1.73. The van der Waals surface area contributed by atoms with Gasteiger partial charge in [-0.3, -0.25) is 0 Å². The molecule has 2 heteroatoms. The van der Waals surface area contributed by atoms with Gasteiger partial charge in [-0.05, 0) is 12.8 Å². The summed E-state index contributed by atoms with van der Waals surface area (Å²) in [4.78, 5) is 0. The minimum atomic E-state index is -0.513. The molecule has 1 atom stereocenters. The fourth-order valence-corrected chi connectivity index (χ4v) is 0.918. The third-order valence-corrected chi connectivity index (χ3v) is 1.73. The van der Waals surface area contributed by atoms with Gasteiger partial charge in [-0.25, -0.2) is 0 Å². The Morgan fingerprint density at radius 3 is 2.69 bits per heavy atom. The summed E-state index contributed by atoms with van der Waals surface area (Å²) in [6.07, 6.45) is 11.0. The molecule has 2 N–H and O–H groups in total. The van der Waals surface area contributed by atoms with Gasteiger partial charge in [0.2, 0.25) is 0 Å². The van der Waals surface area contributed by atoms with E-state index < -0.39 is 6.10 Å². The lowest BCUT2D eigenvalue weighted by atomic mass is 10.2. The number of allylic oxidation sites excluding steroid dienone is 3. The Morgan fingerprint density at radius 1 is 1.31 bits per heavy atom. The summed E-state index contributed by atoms with van der Waals surface area (Å²) in [5, 5.41) is 17.7. The van der Waals surface area contributed by atoms with Gasteiger partial charge in [0.15, 0.2) is 0 Å². The van der Waals surface area contributed by atoms with Crippen molar-refractivity contribution >= 4 is 0 Å². The minimum Gasteiger partial charge on any atom is -0.396 e. The van der Waals surface area contributed by atoms with Crippen LogP contribution in [0.15, 0.2) is 24.3 Å². The molecule has 0 amide bonds. The van der Waals surface area contributed by atoms with Crippen LogP contribution < -0.4 is 0 Å². The Kier molecular flexibility index (Phi) is 9.05. The number of hydrogen-bond acceptors (Lipinski definition) is 2. The molecule has 0 unspecified atom stereocenters. The molecule has 0 radical (unpaired) electrons. The van der Waals surface area contributed by atoms with Crippen LogP contribution in [0.5, 0.6) is 0 Å². The van der Waals surface area contributed by atoms with E-state index >= 15 is 0 Å². The molecule has 0 saturated carbocycles. The zero-order chi connectivity index (χ0) is 9.94. The van der Waals surface area contributed by atoms with Crippen LogP contribution in [-0.4, -0.2) is 22.9 Å². The van der Waals surface area contributed by atoms with E-state index in [0.29, 0.717) is 6.42 Å². The molecule has 0 aromatic heterocycles. The second-order valence-corrected chi connectivity index (χ2v) is 3.03. The topological polar surface area (TPSA) is 40.5 Å².